The summed E-state index contributed by atoms with van der Waals surface area (Å²) in [6, 6.07) is 0. The van der Waals surface area contributed by atoms with E-state index in [0.717, 1.165) is 25.8 Å². The van der Waals surface area contributed by atoms with Gasteiger partial charge in [0.05, 0.1) is 12.1 Å². The van der Waals surface area contributed by atoms with E-state index in [2.05, 4.69) is 11.9 Å². The average molecular weight is 240 g/mol. The third kappa shape index (κ3) is 3.82. The SMILES string of the molecule is C=CCN(CCOC)C(=O)C1(C)CCCCN1. The molecular weight excluding hydrogens is 216 g/mol. The van der Waals surface area contributed by atoms with Crippen LogP contribution in [0.15, 0.2) is 12.7 Å². The highest BCUT2D eigenvalue weighted by atomic mass is 16.5. The highest BCUT2D eigenvalue weighted by Gasteiger charge is 2.36. The molecule has 1 atom stereocenters. The Morgan fingerprint density at radius 1 is 1.59 bits per heavy atom. The van der Waals surface area contributed by atoms with E-state index in [4.69, 9.17) is 4.74 Å². The van der Waals surface area contributed by atoms with Crippen LogP contribution in [0, 0.1) is 0 Å². The summed E-state index contributed by atoms with van der Waals surface area (Å²) in [4.78, 5) is 14.3. The molecule has 1 heterocycles. The van der Waals surface area contributed by atoms with Crippen molar-refractivity contribution in [3.63, 3.8) is 0 Å². The average Bonchev–Trinajstić information content (AvgIpc) is 2.34. The summed E-state index contributed by atoms with van der Waals surface area (Å²) in [7, 11) is 1.65. The second kappa shape index (κ2) is 6.77. The van der Waals surface area contributed by atoms with E-state index >= 15 is 0 Å². The Morgan fingerprint density at radius 2 is 2.35 bits per heavy atom. The van der Waals surface area contributed by atoms with Crippen LogP contribution in [0.2, 0.25) is 0 Å². The molecule has 0 aromatic heterocycles. The largest absolute Gasteiger partial charge is 0.383 e. The molecule has 1 fully saturated rings. The summed E-state index contributed by atoms with van der Waals surface area (Å²) in [5.41, 5.74) is -0.408. The number of carbonyl (C=O) groups excluding carboxylic acids is 1. The van der Waals surface area contributed by atoms with Gasteiger partial charge in [0, 0.05) is 20.2 Å². The summed E-state index contributed by atoms with van der Waals surface area (Å²) in [6.07, 6.45) is 4.94. The van der Waals surface area contributed by atoms with Gasteiger partial charge >= 0.3 is 0 Å². The van der Waals surface area contributed by atoms with E-state index in [-0.39, 0.29) is 5.91 Å². The van der Waals surface area contributed by atoms with E-state index in [1.807, 2.05) is 11.8 Å². The van der Waals surface area contributed by atoms with Crippen molar-refractivity contribution in [2.24, 2.45) is 0 Å². The maximum absolute atomic E-state index is 12.5. The first kappa shape index (κ1) is 14.2. The van der Waals surface area contributed by atoms with Gasteiger partial charge < -0.3 is 15.0 Å². The van der Waals surface area contributed by atoms with Crippen LogP contribution in [-0.4, -0.2) is 49.7 Å². The van der Waals surface area contributed by atoms with Crippen molar-refractivity contribution in [1.29, 1.82) is 0 Å². The third-order valence-corrected chi connectivity index (χ3v) is 3.29. The molecule has 0 radical (unpaired) electrons. The van der Waals surface area contributed by atoms with Gasteiger partial charge in [-0.2, -0.15) is 0 Å². The van der Waals surface area contributed by atoms with Crippen molar-refractivity contribution in [2.75, 3.05) is 33.4 Å². The monoisotopic (exact) mass is 240 g/mol. The first-order valence-electron chi connectivity index (χ1n) is 6.28. The van der Waals surface area contributed by atoms with Crippen LogP contribution in [0.4, 0.5) is 0 Å². The maximum Gasteiger partial charge on any atom is 0.242 e. The Hall–Kier alpha value is -0.870. The molecule has 98 valence electrons. The summed E-state index contributed by atoms with van der Waals surface area (Å²) in [5, 5.41) is 3.34. The van der Waals surface area contributed by atoms with Crippen molar-refractivity contribution in [1.82, 2.24) is 10.2 Å². The van der Waals surface area contributed by atoms with Crippen LogP contribution < -0.4 is 5.32 Å². The summed E-state index contributed by atoms with van der Waals surface area (Å²) in [5.74, 6) is 0.161. The number of ether oxygens (including phenoxy) is 1. The predicted molar refractivity (Wildman–Crippen MR) is 68.9 cm³/mol. The zero-order valence-electron chi connectivity index (χ0n) is 11.0. The number of carbonyl (C=O) groups is 1. The van der Waals surface area contributed by atoms with Crippen molar-refractivity contribution in [3.05, 3.63) is 12.7 Å². The molecule has 17 heavy (non-hydrogen) atoms. The first-order valence-corrected chi connectivity index (χ1v) is 6.28. The lowest BCUT2D eigenvalue weighted by atomic mass is 9.89. The second-order valence-corrected chi connectivity index (χ2v) is 4.75. The van der Waals surface area contributed by atoms with Crippen LogP contribution in [0.3, 0.4) is 0 Å². The first-order chi connectivity index (χ1) is 8.14. The lowest BCUT2D eigenvalue weighted by Gasteiger charge is -2.37. The van der Waals surface area contributed by atoms with E-state index in [9.17, 15) is 4.79 Å². The zero-order valence-corrected chi connectivity index (χ0v) is 11.0. The van der Waals surface area contributed by atoms with Crippen LogP contribution in [0.25, 0.3) is 0 Å². The normalized spacial score (nSPS) is 24.4. The summed E-state index contributed by atoms with van der Waals surface area (Å²) < 4.78 is 5.04. The van der Waals surface area contributed by atoms with Crippen molar-refractivity contribution < 1.29 is 9.53 Å². The van der Waals surface area contributed by atoms with Gasteiger partial charge in [0.2, 0.25) is 5.91 Å². The number of nitrogens with zero attached hydrogens (tertiary/aromatic N) is 1. The topological polar surface area (TPSA) is 41.6 Å². The molecule has 0 aromatic carbocycles. The Bertz CT molecular complexity index is 260. The van der Waals surface area contributed by atoms with E-state index in [0.29, 0.717) is 19.7 Å². The number of nitrogens with one attached hydrogen (secondary N) is 1. The smallest absolute Gasteiger partial charge is 0.242 e. The molecule has 0 aliphatic carbocycles. The van der Waals surface area contributed by atoms with Gasteiger partial charge in [-0.3, -0.25) is 4.79 Å². The van der Waals surface area contributed by atoms with Crippen molar-refractivity contribution in [2.45, 2.75) is 31.7 Å². The molecule has 0 saturated carbocycles. The van der Waals surface area contributed by atoms with E-state index in [1.165, 1.54) is 0 Å². The standard InChI is InChI=1S/C13H24N2O2/c1-4-9-15(10-11-17-3)12(16)13(2)7-5-6-8-14-13/h4,14H,1,5-11H2,2-3H3. The fraction of sp³-hybridized carbons (Fsp3) is 0.769. The van der Waals surface area contributed by atoms with Gasteiger partial charge in [0.15, 0.2) is 0 Å². The molecule has 1 amide bonds. The van der Waals surface area contributed by atoms with Gasteiger partial charge in [-0.1, -0.05) is 6.08 Å². The Kier molecular flexibility index (Phi) is 5.65. The quantitative estimate of drug-likeness (QED) is 0.709. The van der Waals surface area contributed by atoms with Crippen LogP contribution in [-0.2, 0) is 9.53 Å². The predicted octanol–water partition coefficient (Wildman–Crippen LogP) is 1.18. The number of piperidine rings is 1. The highest BCUT2D eigenvalue weighted by molar-refractivity contribution is 5.86. The molecule has 1 aliphatic rings. The Balaban J connectivity index is 2.64. The number of amides is 1. The van der Waals surface area contributed by atoms with Gasteiger partial charge in [-0.05, 0) is 32.7 Å². The molecule has 1 saturated heterocycles. The van der Waals surface area contributed by atoms with E-state index in [1.54, 1.807) is 13.2 Å². The van der Waals surface area contributed by atoms with Crippen molar-refractivity contribution >= 4 is 5.91 Å². The third-order valence-electron chi connectivity index (χ3n) is 3.29. The molecule has 0 aromatic rings. The fourth-order valence-corrected chi connectivity index (χ4v) is 2.22. The van der Waals surface area contributed by atoms with E-state index < -0.39 is 5.54 Å². The Labute approximate surface area is 104 Å². The Morgan fingerprint density at radius 3 is 2.88 bits per heavy atom. The number of methoxy groups -OCH3 is 1. The molecule has 4 nitrogen and oxygen atoms in total. The van der Waals surface area contributed by atoms with Crippen molar-refractivity contribution in [3.8, 4) is 0 Å². The number of hydrogen-bond acceptors (Lipinski definition) is 3. The maximum atomic E-state index is 12.5. The molecule has 0 spiro atoms. The zero-order chi connectivity index (χ0) is 12.7. The van der Waals surface area contributed by atoms with Gasteiger partial charge in [-0.25, -0.2) is 0 Å². The minimum Gasteiger partial charge on any atom is -0.383 e. The number of rotatable bonds is 6. The van der Waals surface area contributed by atoms with Crippen LogP contribution in [0.1, 0.15) is 26.2 Å². The summed E-state index contributed by atoms with van der Waals surface area (Å²) in [6.45, 7) is 8.40. The van der Waals surface area contributed by atoms with Gasteiger partial charge in [0.1, 0.15) is 0 Å². The summed E-state index contributed by atoms with van der Waals surface area (Å²) >= 11 is 0. The number of hydrogen-bond donors (Lipinski definition) is 1. The van der Waals surface area contributed by atoms with Crippen LogP contribution in [0.5, 0.6) is 0 Å². The molecule has 1 rings (SSSR count). The minimum absolute atomic E-state index is 0.161. The highest BCUT2D eigenvalue weighted by Crippen LogP contribution is 2.21. The minimum atomic E-state index is -0.408. The lowest BCUT2D eigenvalue weighted by molar-refractivity contribution is -0.138. The van der Waals surface area contributed by atoms with Gasteiger partial charge in [0.25, 0.3) is 0 Å². The molecule has 1 N–H and O–H groups in total. The molecule has 4 heteroatoms. The van der Waals surface area contributed by atoms with Gasteiger partial charge in [-0.15, -0.1) is 6.58 Å². The fourth-order valence-electron chi connectivity index (χ4n) is 2.22. The second-order valence-electron chi connectivity index (χ2n) is 4.75. The molecule has 0 bridgehead atoms. The van der Waals surface area contributed by atoms with Crippen LogP contribution >= 0.6 is 0 Å². The molecular formula is C13H24N2O2. The lowest BCUT2D eigenvalue weighted by Crippen LogP contribution is -2.58. The molecule has 1 unspecified atom stereocenters. The molecule has 1 aliphatic heterocycles.